The molecule has 1 heterocycles. The minimum atomic E-state index is -0.318. The van der Waals surface area contributed by atoms with E-state index in [9.17, 15) is 4.39 Å². The molecule has 1 rings (SSSR count). The summed E-state index contributed by atoms with van der Waals surface area (Å²) in [5.41, 5.74) is 0.785. The largest absolute Gasteiger partial charge is 0.261 e. The fourth-order valence-corrected chi connectivity index (χ4v) is 1.52. The molecule has 0 atom stereocenters. The van der Waals surface area contributed by atoms with Gasteiger partial charge in [0.2, 0.25) is 0 Å². The Morgan fingerprint density at radius 1 is 1.29 bits per heavy atom. The Kier molecular flexibility index (Phi) is 14.0. The SMILES string of the molecule is C=C/C=C(\SC)c1cncc(F)c1.CC.CC. The highest BCUT2D eigenvalue weighted by atomic mass is 32.2. The third-order valence-corrected chi connectivity index (χ3v) is 2.29. The van der Waals surface area contributed by atoms with Gasteiger partial charge in [-0.3, -0.25) is 4.98 Å². The lowest BCUT2D eigenvalue weighted by molar-refractivity contribution is 0.621. The van der Waals surface area contributed by atoms with Crippen LogP contribution in [0, 0.1) is 5.82 Å². The molecular weight excluding hydrogens is 233 g/mol. The molecule has 0 saturated heterocycles. The highest BCUT2D eigenvalue weighted by Crippen LogP contribution is 2.24. The second kappa shape index (κ2) is 13.0. The summed E-state index contributed by atoms with van der Waals surface area (Å²) in [6.45, 7) is 11.6. The van der Waals surface area contributed by atoms with Gasteiger partial charge in [0, 0.05) is 16.7 Å². The van der Waals surface area contributed by atoms with E-state index in [2.05, 4.69) is 11.6 Å². The summed E-state index contributed by atoms with van der Waals surface area (Å²) in [7, 11) is 0. The molecule has 0 aliphatic carbocycles. The molecule has 96 valence electrons. The first-order chi connectivity index (χ1) is 8.27. The molecule has 17 heavy (non-hydrogen) atoms. The Bertz CT molecular complexity index is 335. The van der Waals surface area contributed by atoms with Crippen LogP contribution < -0.4 is 0 Å². The highest BCUT2D eigenvalue weighted by molar-refractivity contribution is 8.07. The first kappa shape index (κ1) is 18.3. The summed E-state index contributed by atoms with van der Waals surface area (Å²) in [6, 6.07) is 1.46. The van der Waals surface area contributed by atoms with Crippen molar-refractivity contribution in [1.29, 1.82) is 0 Å². The van der Waals surface area contributed by atoms with E-state index in [0.29, 0.717) is 0 Å². The maximum absolute atomic E-state index is 12.8. The molecule has 0 bridgehead atoms. The van der Waals surface area contributed by atoms with Crippen molar-refractivity contribution in [2.75, 3.05) is 6.26 Å². The molecule has 0 unspecified atom stereocenters. The molecular formula is C14H22FNS. The predicted octanol–water partition coefficient (Wildman–Crippen LogP) is 5.16. The lowest BCUT2D eigenvalue weighted by Gasteiger charge is -2.01. The van der Waals surface area contributed by atoms with Crippen LogP contribution >= 0.6 is 11.8 Å². The Hall–Kier alpha value is -1.09. The third-order valence-electron chi connectivity index (χ3n) is 1.48. The quantitative estimate of drug-likeness (QED) is 0.692. The number of rotatable bonds is 3. The molecule has 1 aromatic heterocycles. The van der Waals surface area contributed by atoms with Gasteiger partial charge in [0.15, 0.2) is 0 Å². The zero-order valence-corrected chi connectivity index (χ0v) is 12.1. The lowest BCUT2D eigenvalue weighted by atomic mass is 10.2. The van der Waals surface area contributed by atoms with E-state index in [1.807, 2.05) is 40.0 Å². The molecule has 3 heteroatoms. The van der Waals surface area contributed by atoms with Crippen molar-refractivity contribution < 1.29 is 4.39 Å². The van der Waals surface area contributed by atoms with Crippen LogP contribution in [-0.2, 0) is 0 Å². The van der Waals surface area contributed by atoms with Crippen molar-refractivity contribution in [2.45, 2.75) is 27.7 Å². The van der Waals surface area contributed by atoms with Crippen molar-refractivity contribution in [3.8, 4) is 0 Å². The van der Waals surface area contributed by atoms with Crippen LogP contribution in [0.15, 0.2) is 37.2 Å². The second-order valence-corrected chi connectivity index (χ2v) is 3.21. The van der Waals surface area contributed by atoms with Crippen LogP contribution in [-0.4, -0.2) is 11.2 Å². The Morgan fingerprint density at radius 3 is 2.29 bits per heavy atom. The van der Waals surface area contributed by atoms with Crippen LogP contribution in [0.4, 0.5) is 4.39 Å². The van der Waals surface area contributed by atoms with E-state index in [1.165, 1.54) is 24.0 Å². The van der Waals surface area contributed by atoms with Crippen molar-refractivity contribution in [2.24, 2.45) is 0 Å². The average Bonchev–Trinajstić information content (AvgIpc) is 2.40. The number of halogens is 1. The Balaban J connectivity index is 0. The molecule has 0 fully saturated rings. The van der Waals surface area contributed by atoms with E-state index in [1.54, 1.807) is 12.3 Å². The van der Waals surface area contributed by atoms with Crippen LogP contribution in [0.2, 0.25) is 0 Å². The minimum Gasteiger partial charge on any atom is -0.261 e. The summed E-state index contributed by atoms with van der Waals surface area (Å²) in [5.74, 6) is -0.318. The summed E-state index contributed by atoms with van der Waals surface area (Å²) < 4.78 is 12.8. The topological polar surface area (TPSA) is 12.9 Å². The maximum atomic E-state index is 12.8. The fraction of sp³-hybridized carbons (Fsp3) is 0.357. The van der Waals surface area contributed by atoms with E-state index >= 15 is 0 Å². The predicted molar refractivity (Wildman–Crippen MR) is 78.6 cm³/mol. The smallest absolute Gasteiger partial charge is 0.142 e. The van der Waals surface area contributed by atoms with Crippen LogP contribution in [0.25, 0.3) is 4.91 Å². The van der Waals surface area contributed by atoms with Gasteiger partial charge in [-0.15, -0.1) is 11.8 Å². The summed E-state index contributed by atoms with van der Waals surface area (Å²) in [4.78, 5) is 4.73. The third kappa shape index (κ3) is 7.75. The molecule has 0 N–H and O–H groups in total. The lowest BCUT2D eigenvalue weighted by Crippen LogP contribution is -1.84. The van der Waals surface area contributed by atoms with Crippen molar-refractivity contribution in [1.82, 2.24) is 4.98 Å². The number of pyridine rings is 1. The molecule has 1 nitrogen and oxygen atoms in total. The summed E-state index contributed by atoms with van der Waals surface area (Å²) >= 11 is 1.54. The molecule has 0 aliphatic rings. The van der Waals surface area contributed by atoms with E-state index in [0.717, 1.165) is 10.5 Å². The van der Waals surface area contributed by atoms with Crippen molar-refractivity contribution in [3.63, 3.8) is 0 Å². The van der Waals surface area contributed by atoms with Gasteiger partial charge in [0.25, 0.3) is 0 Å². The first-order valence-corrected chi connectivity index (χ1v) is 6.98. The monoisotopic (exact) mass is 255 g/mol. The molecule has 1 aromatic rings. The van der Waals surface area contributed by atoms with Gasteiger partial charge >= 0.3 is 0 Å². The number of aromatic nitrogens is 1. The molecule has 0 radical (unpaired) electrons. The van der Waals surface area contributed by atoms with E-state index in [4.69, 9.17) is 0 Å². The number of nitrogens with zero attached hydrogens (tertiary/aromatic N) is 1. The summed E-state index contributed by atoms with van der Waals surface area (Å²) in [6.07, 6.45) is 8.27. The van der Waals surface area contributed by atoms with Crippen LogP contribution in [0.1, 0.15) is 33.3 Å². The van der Waals surface area contributed by atoms with E-state index in [-0.39, 0.29) is 5.82 Å². The Morgan fingerprint density at radius 2 is 1.88 bits per heavy atom. The fourth-order valence-electron chi connectivity index (χ4n) is 0.936. The molecule has 0 spiro atoms. The Labute approximate surface area is 109 Å². The number of hydrogen-bond acceptors (Lipinski definition) is 2. The number of thioether (sulfide) groups is 1. The van der Waals surface area contributed by atoms with Gasteiger partial charge < -0.3 is 0 Å². The van der Waals surface area contributed by atoms with Gasteiger partial charge in [-0.1, -0.05) is 40.3 Å². The number of hydrogen-bond donors (Lipinski definition) is 0. The van der Waals surface area contributed by atoms with Crippen LogP contribution in [0.3, 0.4) is 0 Å². The number of allylic oxidation sites excluding steroid dienone is 2. The standard InChI is InChI=1S/C10H10FNS.2C2H6/c1-3-4-10(13-2)8-5-9(11)7-12-6-8;2*1-2/h3-7H,1H2,2H3;2*1-2H3/b10-4-;;. The van der Waals surface area contributed by atoms with Gasteiger partial charge in [0.05, 0.1) is 6.20 Å². The summed E-state index contributed by atoms with van der Waals surface area (Å²) in [5, 5.41) is 0. The van der Waals surface area contributed by atoms with Crippen molar-refractivity contribution in [3.05, 3.63) is 48.6 Å². The first-order valence-electron chi connectivity index (χ1n) is 5.75. The zero-order valence-electron chi connectivity index (χ0n) is 11.3. The average molecular weight is 255 g/mol. The van der Waals surface area contributed by atoms with Gasteiger partial charge in [-0.05, 0) is 18.4 Å². The maximum Gasteiger partial charge on any atom is 0.142 e. The zero-order chi connectivity index (χ0) is 13.7. The molecule has 0 aromatic carbocycles. The molecule has 0 aliphatic heterocycles. The molecule has 0 saturated carbocycles. The van der Waals surface area contributed by atoms with Gasteiger partial charge in [0.1, 0.15) is 5.82 Å². The minimum absolute atomic E-state index is 0.318. The van der Waals surface area contributed by atoms with E-state index < -0.39 is 0 Å². The van der Waals surface area contributed by atoms with Crippen molar-refractivity contribution >= 4 is 16.7 Å². The highest BCUT2D eigenvalue weighted by Gasteiger charge is 2.00. The van der Waals surface area contributed by atoms with Gasteiger partial charge in [-0.25, -0.2) is 4.39 Å². The molecule has 0 amide bonds. The normalized spacial score (nSPS) is 9.41. The second-order valence-electron chi connectivity index (χ2n) is 2.36. The van der Waals surface area contributed by atoms with Gasteiger partial charge in [-0.2, -0.15) is 0 Å². The van der Waals surface area contributed by atoms with Crippen LogP contribution in [0.5, 0.6) is 0 Å².